The normalized spacial score (nSPS) is 33.7. The molecule has 0 amide bonds. The van der Waals surface area contributed by atoms with Crippen molar-refractivity contribution >= 4 is 5.96 Å². The number of rotatable bonds is 4. The van der Waals surface area contributed by atoms with Crippen molar-refractivity contribution < 1.29 is 4.74 Å². The molecule has 0 aromatic rings. The molecule has 1 aliphatic carbocycles. The summed E-state index contributed by atoms with van der Waals surface area (Å²) in [4.78, 5) is 9.35. The molecule has 96 valence electrons. The zero-order chi connectivity index (χ0) is 11.9. The molecular formula is C12H22N4O. The van der Waals surface area contributed by atoms with Crippen molar-refractivity contribution in [1.29, 1.82) is 0 Å². The van der Waals surface area contributed by atoms with E-state index >= 15 is 0 Å². The highest BCUT2D eigenvalue weighted by molar-refractivity contribution is 5.81. The van der Waals surface area contributed by atoms with Crippen LogP contribution in [0.1, 0.15) is 19.3 Å². The highest BCUT2D eigenvalue weighted by atomic mass is 16.5. The first-order valence-electron chi connectivity index (χ1n) is 6.56. The Bertz CT molecular complexity index is 328. The van der Waals surface area contributed by atoms with Crippen molar-refractivity contribution in [3.05, 3.63) is 0 Å². The van der Waals surface area contributed by atoms with Crippen LogP contribution in [0.3, 0.4) is 0 Å². The molecule has 0 aromatic heterocycles. The van der Waals surface area contributed by atoms with E-state index in [2.05, 4.69) is 14.8 Å². The van der Waals surface area contributed by atoms with Gasteiger partial charge < -0.3 is 15.4 Å². The number of hydrogen-bond donors (Lipinski definition) is 1. The maximum atomic E-state index is 6.01. The molecule has 3 aliphatic rings. The first-order chi connectivity index (χ1) is 8.25. The Kier molecular flexibility index (Phi) is 2.75. The average Bonchev–Trinajstić information content (AvgIpc) is 3.03. The molecule has 1 unspecified atom stereocenters. The van der Waals surface area contributed by atoms with Gasteiger partial charge in [0.05, 0.1) is 18.7 Å². The molecule has 0 bridgehead atoms. The van der Waals surface area contributed by atoms with Gasteiger partial charge in [-0.3, -0.25) is 9.89 Å². The summed E-state index contributed by atoms with van der Waals surface area (Å²) in [6.07, 6.45) is 3.95. The van der Waals surface area contributed by atoms with Gasteiger partial charge in [0.1, 0.15) is 0 Å². The monoisotopic (exact) mass is 238 g/mol. The summed E-state index contributed by atoms with van der Waals surface area (Å²) < 4.78 is 5.18. The van der Waals surface area contributed by atoms with Crippen LogP contribution >= 0.6 is 0 Å². The largest absolute Gasteiger partial charge is 0.383 e. The predicted octanol–water partition coefficient (Wildman–Crippen LogP) is -0.130. The van der Waals surface area contributed by atoms with Gasteiger partial charge in [-0.05, 0) is 19.3 Å². The van der Waals surface area contributed by atoms with Crippen LogP contribution in [0.5, 0.6) is 0 Å². The average molecular weight is 238 g/mol. The lowest BCUT2D eigenvalue weighted by atomic mass is 9.98. The first kappa shape index (κ1) is 11.3. The zero-order valence-corrected chi connectivity index (χ0v) is 10.6. The lowest BCUT2D eigenvalue weighted by Gasteiger charge is -2.36. The lowest BCUT2D eigenvalue weighted by Crippen LogP contribution is -2.54. The van der Waals surface area contributed by atoms with Gasteiger partial charge in [0.2, 0.25) is 0 Å². The molecule has 3 rings (SSSR count). The van der Waals surface area contributed by atoms with E-state index in [1.807, 2.05) is 0 Å². The quantitative estimate of drug-likeness (QED) is 0.741. The third kappa shape index (κ3) is 1.91. The highest BCUT2D eigenvalue weighted by Crippen LogP contribution is 2.38. The second kappa shape index (κ2) is 4.14. The topological polar surface area (TPSA) is 54.1 Å². The van der Waals surface area contributed by atoms with E-state index in [0.29, 0.717) is 5.96 Å². The fourth-order valence-electron chi connectivity index (χ4n) is 3.16. The molecule has 2 fully saturated rings. The molecule has 2 heterocycles. The summed E-state index contributed by atoms with van der Waals surface area (Å²) in [7, 11) is 1.74. The minimum Gasteiger partial charge on any atom is -0.383 e. The Morgan fingerprint density at radius 1 is 1.53 bits per heavy atom. The van der Waals surface area contributed by atoms with E-state index in [-0.39, 0.29) is 5.54 Å². The zero-order valence-electron chi connectivity index (χ0n) is 10.6. The predicted molar refractivity (Wildman–Crippen MR) is 67.0 cm³/mol. The maximum Gasteiger partial charge on any atom is 0.191 e. The van der Waals surface area contributed by atoms with Crippen LogP contribution in [0.2, 0.25) is 0 Å². The van der Waals surface area contributed by atoms with Gasteiger partial charge in [-0.2, -0.15) is 0 Å². The van der Waals surface area contributed by atoms with Gasteiger partial charge in [0.25, 0.3) is 0 Å². The molecule has 5 heteroatoms. The van der Waals surface area contributed by atoms with Gasteiger partial charge in [-0.25, -0.2) is 0 Å². The summed E-state index contributed by atoms with van der Waals surface area (Å²) >= 11 is 0. The molecule has 2 aliphatic heterocycles. The number of ether oxygens (including phenoxy) is 1. The number of hydrogen-bond acceptors (Lipinski definition) is 5. The van der Waals surface area contributed by atoms with Crippen molar-refractivity contribution in [2.75, 3.05) is 39.9 Å². The van der Waals surface area contributed by atoms with Gasteiger partial charge in [0.15, 0.2) is 5.96 Å². The lowest BCUT2D eigenvalue weighted by molar-refractivity contribution is 0.129. The van der Waals surface area contributed by atoms with Crippen molar-refractivity contribution in [3.8, 4) is 0 Å². The SMILES string of the molecule is COCCN1C(N)=NCC12CCN(C1CC1)C2. The summed E-state index contributed by atoms with van der Waals surface area (Å²) in [6, 6.07) is 0.848. The van der Waals surface area contributed by atoms with Crippen LogP contribution in [0, 0.1) is 0 Å². The molecule has 0 aromatic carbocycles. The van der Waals surface area contributed by atoms with Gasteiger partial charge in [-0.1, -0.05) is 0 Å². The Balaban J connectivity index is 1.68. The number of nitrogens with zero attached hydrogens (tertiary/aromatic N) is 3. The molecule has 2 N–H and O–H groups in total. The van der Waals surface area contributed by atoms with Gasteiger partial charge in [-0.15, -0.1) is 0 Å². The molecule has 1 spiro atoms. The van der Waals surface area contributed by atoms with Crippen LogP contribution in [0.15, 0.2) is 4.99 Å². The highest BCUT2D eigenvalue weighted by Gasteiger charge is 2.49. The summed E-state index contributed by atoms with van der Waals surface area (Å²) in [5.41, 5.74) is 6.19. The Morgan fingerprint density at radius 2 is 2.35 bits per heavy atom. The van der Waals surface area contributed by atoms with Gasteiger partial charge in [0, 0.05) is 32.8 Å². The van der Waals surface area contributed by atoms with Crippen LogP contribution < -0.4 is 5.73 Å². The molecule has 5 nitrogen and oxygen atoms in total. The molecule has 1 saturated carbocycles. The fraction of sp³-hybridized carbons (Fsp3) is 0.917. The number of aliphatic imine (C=N–C) groups is 1. The minimum absolute atomic E-state index is 0.172. The van der Waals surface area contributed by atoms with Crippen molar-refractivity contribution in [1.82, 2.24) is 9.80 Å². The van der Waals surface area contributed by atoms with Crippen LogP contribution in [0.4, 0.5) is 0 Å². The molecular weight excluding hydrogens is 216 g/mol. The smallest absolute Gasteiger partial charge is 0.191 e. The summed E-state index contributed by atoms with van der Waals surface area (Å²) in [5, 5.41) is 0. The Labute approximate surface area is 103 Å². The number of likely N-dealkylation sites (tertiary alicyclic amines) is 1. The Hall–Kier alpha value is -0.810. The molecule has 1 saturated heterocycles. The standard InChI is InChI=1S/C12H22N4O/c1-17-7-6-16-11(13)14-8-12(16)4-5-15(9-12)10-2-3-10/h10H,2-9H2,1H3,(H2,13,14). The van der Waals surface area contributed by atoms with Crippen LogP contribution in [0.25, 0.3) is 0 Å². The van der Waals surface area contributed by atoms with Crippen LogP contribution in [-0.4, -0.2) is 67.2 Å². The van der Waals surface area contributed by atoms with E-state index in [0.717, 1.165) is 32.3 Å². The van der Waals surface area contributed by atoms with E-state index in [9.17, 15) is 0 Å². The number of nitrogens with two attached hydrogens (primary N) is 1. The van der Waals surface area contributed by atoms with Crippen molar-refractivity contribution in [2.24, 2.45) is 10.7 Å². The van der Waals surface area contributed by atoms with E-state index in [1.165, 1.54) is 25.8 Å². The number of guanidine groups is 1. The van der Waals surface area contributed by atoms with Gasteiger partial charge >= 0.3 is 0 Å². The van der Waals surface area contributed by atoms with Crippen molar-refractivity contribution in [3.63, 3.8) is 0 Å². The second-order valence-corrected chi connectivity index (χ2v) is 5.49. The molecule has 17 heavy (non-hydrogen) atoms. The van der Waals surface area contributed by atoms with E-state index in [1.54, 1.807) is 7.11 Å². The number of methoxy groups -OCH3 is 1. The first-order valence-corrected chi connectivity index (χ1v) is 6.56. The summed E-state index contributed by atoms with van der Waals surface area (Å²) in [6.45, 7) is 4.79. The van der Waals surface area contributed by atoms with E-state index in [4.69, 9.17) is 10.5 Å². The Morgan fingerprint density at radius 3 is 3.06 bits per heavy atom. The third-order valence-electron chi connectivity index (χ3n) is 4.33. The van der Waals surface area contributed by atoms with Crippen molar-refractivity contribution in [2.45, 2.75) is 30.8 Å². The third-order valence-corrected chi connectivity index (χ3v) is 4.33. The molecule has 0 radical (unpaired) electrons. The van der Waals surface area contributed by atoms with Crippen LogP contribution in [-0.2, 0) is 4.74 Å². The minimum atomic E-state index is 0.172. The maximum absolute atomic E-state index is 6.01. The van der Waals surface area contributed by atoms with E-state index < -0.39 is 0 Å². The molecule has 1 atom stereocenters. The summed E-state index contributed by atoms with van der Waals surface area (Å²) in [5.74, 6) is 0.708. The second-order valence-electron chi connectivity index (χ2n) is 5.49. The fourth-order valence-corrected chi connectivity index (χ4v) is 3.16.